The molecule has 1 aromatic heterocycles. The van der Waals surface area contributed by atoms with E-state index in [1.807, 2.05) is 13.1 Å². The van der Waals surface area contributed by atoms with Crippen LogP contribution in [0.5, 0.6) is 0 Å². The van der Waals surface area contributed by atoms with Gasteiger partial charge in [0.05, 0.1) is 18.5 Å². The number of aromatic nitrogens is 2. The summed E-state index contributed by atoms with van der Waals surface area (Å²) in [5.41, 5.74) is 9.26. The van der Waals surface area contributed by atoms with Gasteiger partial charge in [-0.05, 0) is 30.9 Å². The van der Waals surface area contributed by atoms with Crippen LogP contribution in [-0.2, 0) is 17.6 Å². The normalized spacial score (nSPS) is 12.6. The number of H-pyrrole nitrogens is 1. The van der Waals surface area contributed by atoms with Crippen molar-refractivity contribution in [2.45, 2.75) is 32.2 Å². The molecule has 1 atom stereocenters. The molecule has 0 radical (unpaired) electrons. The maximum Gasteiger partial charge on any atom is 0.106 e. The molecule has 2 aromatic rings. The molecule has 4 heteroatoms. The SMILES string of the molecule is COCCc1ccc(-c2cnc(CCC(C)N)[nH]2)cc1. The Kier molecular flexibility index (Phi) is 5.32. The van der Waals surface area contributed by atoms with E-state index < -0.39 is 0 Å². The number of methoxy groups -OCH3 is 1. The molecular formula is C16H23N3O. The van der Waals surface area contributed by atoms with E-state index in [0.717, 1.165) is 43.0 Å². The number of aromatic amines is 1. The van der Waals surface area contributed by atoms with Crippen LogP contribution in [0.15, 0.2) is 30.5 Å². The van der Waals surface area contributed by atoms with Crippen molar-refractivity contribution in [2.75, 3.05) is 13.7 Å². The highest BCUT2D eigenvalue weighted by molar-refractivity contribution is 5.58. The molecule has 0 aliphatic heterocycles. The fraction of sp³-hybridized carbons (Fsp3) is 0.438. The summed E-state index contributed by atoms with van der Waals surface area (Å²) in [6.07, 6.45) is 4.67. The lowest BCUT2D eigenvalue weighted by molar-refractivity contribution is 0.202. The highest BCUT2D eigenvalue weighted by Crippen LogP contribution is 2.18. The summed E-state index contributed by atoms with van der Waals surface area (Å²) in [6, 6.07) is 8.72. The molecule has 0 saturated heterocycles. The monoisotopic (exact) mass is 273 g/mol. The maximum atomic E-state index is 5.76. The Morgan fingerprint density at radius 1 is 1.25 bits per heavy atom. The van der Waals surface area contributed by atoms with Crippen molar-refractivity contribution in [1.29, 1.82) is 0 Å². The van der Waals surface area contributed by atoms with Crippen LogP contribution in [0.3, 0.4) is 0 Å². The molecule has 0 amide bonds. The smallest absolute Gasteiger partial charge is 0.106 e. The Morgan fingerprint density at radius 2 is 2.00 bits per heavy atom. The number of hydrogen-bond donors (Lipinski definition) is 2. The molecule has 2 rings (SSSR count). The fourth-order valence-corrected chi connectivity index (χ4v) is 2.07. The molecule has 0 aliphatic rings. The largest absolute Gasteiger partial charge is 0.384 e. The zero-order valence-electron chi connectivity index (χ0n) is 12.2. The van der Waals surface area contributed by atoms with Crippen LogP contribution < -0.4 is 5.73 Å². The molecule has 0 saturated carbocycles. The zero-order chi connectivity index (χ0) is 14.4. The Morgan fingerprint density at radius 3 is 2.65 bits per heavy atom. The van der Waals surface area contributed by atoms with Gasteiger partial charge in [-0.2, -0.15) is 0 Å². The number of nitrogens with one attached hydrogen (secondary N) is 1. The van der Waals surface area contributed by atoms with E-state index in [1.165, 1.54) is 5.56 Å². The van der Waals surface area contributed by atoms with E-state index in [9.17, 15) is 0 Å². The number of nitrogens with two attached hydrogens (primary N) is 1. The molecule has 0 aliphatic carbocycles. The molecule has 3 N–H and O–H groups in total. The molecule has 4 nitrogen and oxygen atoms in total. The van der Waals surface area contributed by atoms with Crippen LogP contribution >= 0.6 is 0 Å². The number of imidazole rings is 1. The standard InChI is InChI=1S/C16H23N3O/c1-12(17)3-8-16-18-11-15(19-16)14-6-4-13(5-7-14)9-10-20-2/h4-7,11-12H,3,8-10,17H2,1-2H3,(H,18,19). The number of hydrogen-bond acceptors (Lipinski definition) is 3. The van der Waals surface area contributed by atoms with Gasteiger partial charge in [-0.3, -0.25) is 0 Å². The first-order chi connectivity index (χ1) is 9.69. The Balaban J connectivity index is 2.00. The van der Waals surface area contributed by atoms with Crippen molar-refractivity contribution in [3.63, 3.8) is 0 Å². The van der Waals surface area contributed by atoms with Crippen LogP contribution in [-0.4, -0.2) is 29.7 Å². The summed E-state index contributed by atoms with van der Waals surface area (Å²) in [5.74, 6) is 1.00. The summed E-state index contributed by atoms with van der Waals surface area (Å²) in [6.45, 7) is 2.77. The van der Waals surface area contributed by atoms with Gasteiger partial charge in [0.2, 0.25) is 0 Å². The van der Waals surface area contributed by atoms with Crippen molar-refractivity contribution in [1.82, 2.24) is 9.97 Å². The number of rotatable bonds is 7. The third-order valence-corrected chi connectivity index (χ3v) is 3.32. The minimum absolute atomic E-state index is 0.212. The van der Waals surface area contributed by atoms with Crippen LogP contribution in [0.1, 0.15) is 24.7 Å². The van der Waals surface area contributed by atoms with Crippen molar-refractivity contribution >= 4 is 0 Å². The van der Waals surface area contributed by atoms with Gasteiger partial charge in [0, 0.05) is 19.6 Å². The van der Waals surface area contributed by atoms with Crippen LogP contribution in [0.2, 0.25) is 0 Å². The summed E-state index contributed by atoms with van der Waals surface area (Å²) >= 11 is 0. The molecule has 108 valence electrons. The molecule has 0 fully saturated rings. The molecule has 1 aromatic carbocycles. The summed E-state index contributed by atoms with van der Waals surface area (Å²) in [5, 5.41) is 0. The summed E-state index contributed by atoms with van der Waals surface area (Å²) in [4.78, 5) is 7.76. The average molecular weight is 273 g/mol. The third kappa shape index (κ3) is 4.18. The minimum Gasteiger partial charge on any atom is -0.384 e. The van der Waals surface area contributed by atoms with Gasteiger partial charge in [-0.25, -0.2) is 4.98 Å². The van der Waals surface area contributed by atoms with E-state index >= 15 is 0 Å². The minimum atomic E-state index is 0.212. The molecule has 1 unspecified atom stereocenters. The van der Waals surface area contributed by atoms with Crippen molar-refractivity contribution < 1.29 is 4.74 Å². The first-order valence-electron chi connectivity index (χ1n) is 7.06. The Hall–Kier alpha value is -1.65. The van der Waals surface area contributed by atoms with Gasteiger partial charge in [-0.1, -0.05) is 24.3 Å². The number of ether oxygens (including phenoxy) is 1. The highest BCUT2D eigenvalue weighted by Gasteiger charge is 2.04. The lowest BCUT2D eigenvalue weighted by atomic mass is 10.1. The predicted octanol–water partition coefficient (Wildman–Crippen LogP) is 2.55. The van der Waals surface area contributed by atoms with E-state index in [-0.39, 0.29) is 6.04 Å². The lowest BCUT2D eigenvalue weighted by Crippen LogP contribution is -2.15. The van der Waals surface area contributed by atoms with Gasteiger partial charge < -0.3 is 15.5 Å². The highest BCUT2D eigenvalue weighted by atomic mass is 16.5. The quantitative estimate of drug-likeness (QED) is 0.815. The van der Waals surface area contributed by atoms with E-state index in [0.29, 0.717) is 0 Å². The number of benzene rings is 1. The molecule has 0 spiro atoms. The first kappa shape index (κ1) is 14.8. The third-order valence-electron chi connectivity index (χ3n) is 3.32. The molecule has 0 bridgehead atoms. The van der Waals surface area contributed by atoms with Gasteiger partial charge >= 0.3 is 0 Å². The average Bonchev–Trinajstić information content (AvgIpc) is 2.92. The number of aryl methyl sites for hydroxylation is 1. The second-order valence-electron chi connectivity index (χ2n) is 5.20. The van der Waals surface area contributed by atoms with Crippen LogP contribution in [0.4, 0.5) is 0 Å². The summed E-state index contributed by atoms with van der Waals surface area (Å²) in [7, 11) is 1.72. The van der Waals surface area contributed by atoms with Crippen molar-refractivity contribution in [3.8, 4) is 11.3 Å². The van der Waals surface area contributed by atoms with Crippen LogP contribution in [0.25, 0.3) is 11.3 Å². The fourth-order valence-electron chi connectivity index (χ4n) is 2.07. The van der Waals surface area contributed by atoms with Gasteiger partial charge in [0.15, 0.2) is 0 Å². The Labute approximate surface area is 120 Å². The Bertz CT molecular complexity index is 517. The van der Waals surface area contributed by atoms with Gasteiger partial charge in [0.1, 0.15) is 5.82 Å². The predicted molar refractivity (Wildman–Crippen MR) is 81.6 cm³/mol. The van der Waals surface area contributed by atoms with Crippen molar-refractivity contribution in [3.05, 3.63) is 41.9 Å². The van der Waals surface area contributed by atoms with Crippen LogP contribution in [0, 0.1) is 0 Å². The second-order valence-corrected chi connectivity index (χ2v) is 5.20. The first-order valence-corrected chi connectivity index (χ1v) is 7.06. The van der Waals surface area contributed by atoms with E-state index in [4.69, 9.17) is 10.5 Å². The maximum absolute atomic E-state index is 5.76. The number of nitrogens with zero attached hydrogens (tertiary/aromatic N) is 1. The van der Waals surface area contributed by atoms with Crippen molar-refractivity contribution in [2.24, 2.45) is 5.73 Å². The molecular weight excluding hydrogens is 250 g/mol. The van der Waals surface area contributed by atoms with Gasteiger partial charge in [-0.15, -0.1) is 0 Å². The summed E-state index contributed by atoms with van der Waals surface area (Å²) < 4.78 is 5.08. The molecule has 20 heavy (non-hydrogen) atoms. The second kappa shape index (κ2) is 7.22. The van der Waals surface area contributed by atoms with E-state index in [1.54, 1.807) is 7.11 Å². The zero-order valence-corrected chi connectivity index (χ0v) is 12.2. The lowest BCUT2D eigenvalue weighted by Gasteiger charge is -2.03. The topological polar surface area (TPSA) is 63.9 Å². The van der Waals surface area contributed by atoms with E-state index in [2.05, 4.69) is 34.2 Å². The van der Waals surface area contributed by atoms with Gasteiger partial charge in [0.25, 0.3) is 0 Å². The molecule has 1 heterocycles.